The van der Waals surface area contributed by atoms with Crippen LogP contribution >= 0.6 is 0 Å². The first kappa shape index (κ1) is 23.7. The standard InChI is InChI=1S/C27H25N7O3/c28-24(36)19-8-1-3-10-21(19)32-25-20-9-2-4-11-22(20)33-27(34-25)31-17-7-5-6-16(14-17)26(37)30-18-12-13-29-23(35)15-18/h1-11,14,18H,12-13,15H2,(H2,28,36)(H,29,35)(H,30,37)(H2,31,32,33,34). The minimum absolute atomic E-state index is 0.0664. The number of amides is 3. The molecular weight excluding hydrogens is 470 g/mol. The Bertz CT molecular complexity index is 1500. The summed E-state index contributed by atoms with van der Waals surface area (Å²) < 4.78 is 0. The van der Waals surface area contributed by atoms with Crippen LogP contribution in [0.3, 0.4) is 0 Å². The fourth-order valence-corrected chi connectivity index (χ4v) is 4.21. The predicted molar refractivity (Wildman–Crippen MR) is 141 cm³/mol. The third kappa shape index (κ3) is 5.48. The van der Waals surface area contributed by atoms with Crippen LogP contribution in [0.4, 0.5) is 23.1 Å². The first-order chi connectivity index (χ1) is 18.0. The molecule has 1 aliphatic rings. The lowest BCUT2D eigenvalue weighted by Gasteiger charge is -2.23. The Morgan fingerprint density at radius 2 is 1.76 bits per heavy atom. The van der Waals surface area contributed by atoms with Gasteiger partial charge in [-0.3, -0.25) is 14.4 Å². The zero-order valence-electron chi connectivity index (χ0n) is 19.8. The van der Waals surface area contributed by atoms with Gasteiger partial charge < -0.3 is 27.0 Å². The molecule has 10 heteroatoms. The van der Waals surface area contributed by atoms with Crippen molar-refractivity contribution in [1.29, 1.82) is 0 Å². The second kappa shape index (κ2) is 10.3. The average molecular weight is 496 g/mol. The van der Waals surface area contributed by atoms with Crippen LogP contribution in [-0.4, -0.2) is 40.3 Å². The number of nitrogens with zero attached hydrogens (tertiary/aromatic N) is 2. The highest BCUT2D eigenvalue weighted by Gasteiger charge is 2.21. The van der Waals surface area contributed by atoms with Crippen molar-refractivity contribution >= 4 is 51.8 Å². The highest BCUT2D eigenvalue weighted by molar-refractivity contribution is 6.01. The molecule has 3 amide bonds. The Labute approximate surface area is 212 Å². The third-order valence-electron chi connectivity index (χ3n) is 6.01. The van der Waals surface area contributed by atoms with E-state index in [9.17, 15) is 14.4 Å². The van der Waals surface area contributed by atoms with Crippen LogP contribution < -0.4 is 27.0 Å². The lowest BCUT2D eigenvalue weighted by molar-refractivity contribution is -0.122. The maximum Gasteiger partial charge on any atom is 0.251 e. The summed E-state index contributed by atoms with van der Waals surface area (Å²) in [6, 6.07) is 21.2. The molecule has 0 spiro atoms. The van der Waals surface area contributed by atoms with Gasteiger partial charge in [-0.05, 0) is 48.9 Å². The van der Waals surface area contributed by atoms with Crippen molar-refractivity contribution in [3.63, 3.8) is 0 Å². The van der Waals surface area contributed by atoms with Crippen molar-refractivity contribution in [3.8, 4) is 0 Å². The van der Waals surface area contributed by atoms with Crippen LogP contribution in [0.1, 0.15) is 33.6 Å². The van der Waals surface area contributed by atoms with E-state index in [4.69, 9.17) is 5.73 Å². The molecule has 1 saturated heterocycles. The lowest BCUT2D eigenvalue weighted by Crippen LogP contribution is -2.45. The van der Waals surface area contributed by atoms with E-state index in [0.717, 1.165) is 5.39 Å². The van der Waals surface area contributed by atoms with Crippen molar-refractivity contribution in [1.82, 2.24) is 20.6 Å². The number of nitrogens with one attached hydrogen (secondary N) is 4. The molecule has 6 N–H and O–H groups in total. The first-order valence-electron chi connectivity index (χ1n) is 11.8. The topological polar surface area (TPSA) is 151 Å². The minimum Gasteiger partial charge on any atom is -0.366 e. The number of rotatable bonds is 7. The van der Waals surface area contributed by atoms with Crippen LogP contribution in [0.5, 0.6) is 0 Å². The van der Waals surface area contributed by atoms with Gasteiger partial charge in [0, 0.05) is 35.6 Å². The molecule has 0 saturated carbocycles. The SMILES string of the molecule is NC(=O)c1ccccc1Nc1nc(Nc2cccc(C(=O)NC3CCNC(=O)C3)c2)nc2ccccc12. The number of aromatic nitrogens is 2. The first-order valence-corrected chi connectivity index (χ1v) is 11.8. The molecule has 4 aromatic rings. The summed E-state index contributed by atoms with van der Waals surface area (Å²) in [5, 5.41) is 12.8. The average Bonchev–Trinajstić information content (AvgIpc) is 2.89. The van der Waals surface area contributed by atoms with E-state index >= 15 is 0 Å². The van der Waals surface area contributed by atoms with E-state index < -0.39 is 5.91 Å². The molecule has 0 bridgehead atoms. The summed E-state index contributed by atoms with van der Waals surface area (Å²) in [5.41, 5.74) is 8.16. The molecule has 0 aliphatic carbocycles. The van der Waals surface area contributed by atoms with E-state index in [1.54, 1.807) is 48.5 Å². The number of hydrogen-bond donors (Lipinski definition) is 5. The molecule has 1 aliphatic heterocycles. The van der Waals surface area contributed by atoms with Crippen molar-refractivity contribution in [2.45, 2.75) is 18.9 Å². The van der Waals surface area contributed by atoms with Gasteiger partial charge in [-0.1, -0.05) is 30.3 Å². The summed E-state index contributed by atoms with van der Waals surface area (Å²) >= 11 is 0. The molecule has 1 aromatic heterocycles. The number of nitrogens with two attached hydrogens (primary N) is 1. The second-order valence-corrected chi connectivity index (χ2v) is 8.67. The molecule has 1 atom stereocenters. The number of primary amides is 1. The smallest absolute Gasteiger partial charge is 0.251 e. The van der Waals surface area contributed by atoms with Crippen molar-refractivity contribution < 1.29 is 14.4 Å². The largest absolute Gasteiger partial charge is 0.366 e. The zero-order valence-corrected chi connectivity index (χ0v) is 19.8. The van der Waals surface area contributed by atoms with Gasteiger partial charge in [0.15, 0.2) is 0 Å². The number of para-hydroxylation sites is 2. The summed E-state index contributed by atoms with van der Waals surface area (Å²) in [7, 11) is 0. The van der Waals surface area contributed by atoms with Crippen molar-refractivity contribution in [2.75, 3.05) is 17.2 Å². The van der Waals surface area contributed by atoms with Gasteiger partial charge >= 0.3 is 0 Å². The Balaban J connectivity index is 1.41. The van der Waals surface area contributed by atoms with E-state index in [0.29, 0.717) is 52.8 Å². The Morgan fingerprint density at radius 1 is 0.946 bits per heavy atom. The van der Waals surface area contributed by atoms with Gasteiger partial charge in [0.2, 0.25) is 11.9 Å². The van der Waals surface area contributed by atoms with Gasteiger partial charge in [-0.25, -0.2) is 4.98 Å². The fourth-order valence-electron chi connectivity index (χ4n) is 4.21. The molecule has 37 heavy (non-hydrogen) atoms. The van der Waals surface area contributed by atoms with E-state index in [1.807, 2.05) is 24.3 Å². The van der Waals surface area contributed by atoms with E-state index in [2.05, 4.69) is 31.2 Å². The monoisotopic (exact) mass is 495 g/mol. The highest BCUT2D eigenvalue weighted by atomic mass is 16.2. The second-order valence-electron chi connectivity index (χ2n) is 8.67. The molecule has 1 fully saturated rings. The third-order valence-corrected chi connectivity index (χ3v) is 6.01. The maximum atomic E-state index is 12.8. The normalized spacial score (nSPS) is 15.0. The fraction of sp³-hybridized carbons (Fsp3) is 0.148. The Hall–Kier alpha value is -4.99. The van der Waals surface area contributed by atoms with Gasteiger partial charge in [-0.2, -0.15) is 4.98 Å². The molecule has 10 nitrogen and oxygen atoms in total. The number of carbonyl (C=O) groups excluding carboxylic acids is 3. The maximum absolute atomic E-state index is 12.8. The van der Waals surface area contributed by atoms with E-state index in [1.165, 1.54) is 0 Å². The molecule has 186 valence electrons. The Morgan fingerprint density at radius 3 is 2.59 bits per heavy atom. The summed E-state index contributed by atoms with van der Waals surface area (Å²) in [6.07, 6.45) is 0.957. The minimum atomic E-state index is -0.552. The predicted octanol–water partition coefficient (Wildman–Crippen LogP) is 3.22. The van der Waals surface area contributed by atoms with Crippen LogP contribution in [-0.2, 0) is 4.79 Å². The molecule has 2 heterocycles. The lowest BCUT2D eigenvalue weighted by atomic mass is 10.1. The van der Waals surface area contributed by atoms with Gasteiger partial charge in [0.05, 0.1) is 16.8 Å². The Kier molecular flexibility index (Phi) is 6.62. The van der Waals surface area contributed by atoms with Crippen molar-refractivity contribution in [2.24, 2.45) is 5.73 Å². The van der Waals surface area contributed by atoms with Gasteiger partial charge in [0.25, 0.3) is 11.8 Å². The summed E-state index contributed by atoms with van der Waals surface area (Å²) in [4.78, 5) is 45.6. The number of hydrogen-bond acceptors (Lipinski definition) is 7. The number of fused-ring (bicyclic) bond motifs is 1. The molecular formula is C27H25N7O3. The number of anilines is 4. The number of carbonyl (C=O) groups is 3. The summed E-state index contributed by atoms with van der Waals surface area (Å²) in [6.45, 7) is 0.547. The van der Waals surface area contributed by atoms with Crippen LogP contribution in [0.25, 0.3) is 10.9 Å². The number of benzene rings is 3. The molecule has 1 unspecified atom stereocenters. The molecule has 5 rings (SSSR count). The van der Waals surface area contributed by atoms with Gasteiger partial charge in [-0.15, -0.1) is 0 Å². The van der Waals surface area contributed by atoms with Crippen LogP contribution in [0.15, 0.2) is 72.8 Å². The van der Waals surface area contributed by atoms with Gasteiger partial charge in [0.1, 0.15) is 5.82 Å². The van der Waals surface area contributed by atoms with Crippen LogP contribution in [0.2, 0.25) is 0 Å². The van der Waals surface area contributed by atoms with Crippen molar-refractivity contribution in [3.05, 3.63) is 83.9 Å². The highest BCUT2D eigenvalue weighted by Crippen LogP contribution is 2.28. The zero-order chi connectivity index (χ0) is 25.8. The van der Waals surface area contributed by atoms with E-state index in [-0.39, 0.29) is 24.3 Å². The van der Waals surface area contributed by atoms with Crippen LogP contribution in [0, 0.1) is 0 Å². The molecule has 3 aromatic carbocycles. The molecule has 0 radical (unpaired) electrons. The summed E-state index contributed by atoms with van der Waals surface area (Å²) in [5.74, 6) is -0.0780. The number of piperidine rings is 1. The quantitative estimate of drug-likeness (QED) is 0.264.